The number of rotatable bonds is 4. The van der Waals surface area contributed by atoms with Crippen LogP contribution in [0.1, 0.15) is 36.5 Å². The Labute approximate surface area is 124 Å². The van der Waals surface area contributed by atoms with Gasteiger partial charge >= 0.3 is 0 Å². The van der Waals surface area contributed by atoms with Crippen molar-refractivity contribution in [3.63, 3.8) is 0 Å². The SMILES string of the molecule is Cc1ccc(C(C)C)cc1Oc1cc(/C(N)=N/O)ccn1. The van der Waals surface area contributed by atoms with Crippen LogP contribution in [0.2, 0.25) is 0 Å². The van der Waals surface area contributed by atoms with Crippen molar-refractivity contribution >= 4 is 5.84 Å². The molecule has 0 aliphatic carbocycles. The average molecular weight is 285 g/mol. The molecule has 1 aromatic heterocycles. The summed E-state index contributed by atoms with van der Waals surface area (Å²) in [5.41, 5.74) is 8.34. The first-order valence-electron chi connectivity index (χ1n) is 6.73. The van der Waals surface area contributed by atoms with Gasteiger partial charge in [0.2, 0.25) is 5.88 Å². The second-order valence-corrected chi connectivity index (χ2v) is 5.15. The number of benzene rings is 1. The second-order valence-electron chi connectivity index (χ2n) is 5.15. The van der Waals surface area contributed by atoms with E-state index in [1.165, 1.54) is 5.56 Å². The zero-order valence-electron chi connectivity index (χ0n) is 12.4. The number of nitrogens with two attached hydrogens (primary N) is 1. The van der Waals surface area contributed by atoms with E-state index in [1.54, 1.807) is 18.3 Å². The highest BCUT2D eigenvalue weighted by Gasteiger charge is 2.08. The first kappa shape index (κ1) is 14.8. The van der Waals surface area contributed by atoms with Crippen LogP contribution in [0.5, 0.6) is 11.6 Å². The lowest BCUT2D eigenvalue weighted by atomic mass is 10.0. The fraction of sp³-hybridized carbons (Fsp3) is 0.250. The van der Waals surface area contributed by atoms with E-state index >= 15 is 0 Å². The van der Waals surface area contributed by atoms with E-state index in [2.05, 4.69) is 30.1 Å². The van der Waals surface area contributed by atoms with Crippen LogP contribution in [0, 0.1) is 6.92 Å². The first-order valence-corrected chi connectivity index (χ1v) is 6.73. The molecule has 0 atom stereocenters. The monoisotopic (exact) mass is 285 g/mol. The van der Waals surface area contributed by atoms with Crippen LogP contribution in [0.25, 0.3) is 0 Å². The Bertz CT molecular complexity index is 666. The van der Waals surface area contributed by atoms with E-state index in [0.29, 0.717) is 17.4 Å². The third-order valence-electron chi connectivity index (χ3n) is 3.23. The number of amidine groups is 1. The predicted octanol–water partition coefficient (Wildman–Crippen LogP) is 3.40. The molecule has 5 heteroatoms. The number of oxime groups is 1. The van der Waals surface area contributed by atoms with Crippen molar-refractivity contribution in [1.29, 1.82) is 0 Å². The topological polar surface area (TPSA) is 80.7 Å². The van der Waals surface area contributed by atoms with Crippen LogP contribution >= 0.6 is 0 Å². The molecule has 1 aromatic carbocycles. The fourth-order valence-electron chi connectivity index (χ4n) is 1.88. The van der Waals surface area contributed by atoms with Gasteiger partial charge in [-0.15, -0.1) is 0 Å². The van der Waals surface area contributed by atoms with Gasteiger partial charge < -0.3 is 15.7 Å². The highest BCUT2D eigenvalue weighted by molar-refractivity contribution is 5.97. The molecule has 0 radical (unpaired) electrons. The Kier molecular flexibility index (Phi) is 4.42. The van der Waals surface area contributed by atoms with Gasteiger partial charge in [0.15, 0.2) is 5.84 Å². The summed E-state index contributed by atoms with van der Waals surface area (Å²) in [6, 6.07) is 9.42. The Morgan fingerprint density at radius 2 is 2.05 bits per heavy atom. The number of aromatic nitrogens is 1. The minimum absolute atomic E-state index is 0.0231. The number of aryl methyl sites for hydroxylation is 1. The number of pyridine rings is 1. The molecule has 0 spiro atoms. The minimum atomic E-state index is 0.0231. The molecule has 2 rings (SSSR count). The lowest BCUT2D eigenvalue weighted by Crippen LogP contribution is -2.13. The molecular formula is C16H19N3O2. The maximum Gasteiger partial charge on any atom is 0.219 e. The van der Waals surface area contributed by atoms with Gasteiger partial charge in [0.25, 0.3) is 0 Å². The molecule has 0 aliphatic rings. The van der Waals surface area contributed by atoms with Crippen molar-refractivity contribution in [1.82, 2.24) is 4.98 Å². The Hall–Kier alpha value is -2.56. The van der Waals surface area contributed by atoms with Crippen LogP contribution in [-0.4, -0.2) is 16.0 Å². The number of hydrogen-bond donors (Lipinski definition) is 2. The van der Waals surface area contributed by atoms with Crippen molar-refractivity contribution < 1.29 is 9.94 Å². The summed E-state index contributed by atoms with van der Waals surface area (Å²) in [6.45, 7) is 6.24. The molecule has 3 N–H and O–H groups in total. The van der Waals surface area contributed by atoms with Gasteiger partial charge in [-0.2, -0.15) is 0 Å². The summed E-state index contributed by atoms with van der Waals surface area (Å²) in [5, 5.41) is 11.7. The van der Waals surface area contributed by atoms with Crippen molar-refractivity contribution in [2.75, 3.05) is 0 Å². The maximum atomic E-state index is 8.71. The highest BCUT2D eigenvalue weighted by Crippen LogP contribution is 2.28. The molecule has 5 nitrogen and oxygen atoms in total. The van der Waals surface area contributed by atoms with E-state index in [4.69, 9.17) is 15.7 Å². The molecule has 21 heavy (non-hydrogen) atoms. The van der Waals surface area contributed by atoms with Gasteiger partial charge in [0.05, 0.1) is 0 Å². The van der Waals surface area contributed by atoms with Crippen LogP contribution in [0.3, 0.4) is 0 Å². The molecule has 0 unspecified atom stereocenters. The quantitative estimate of drug-likeness (QED) is 0.390. The Morgan fingerprint density at radius 3 is 2.71 bits per heavy atom. The molecular weight excluding hydrogens is 266 g/mol. The van der Waals surface area contributed by atoms with Crippen molar-refractivity contribution in [2.24, 2.45) is 10.9 Å². The third kappa shape index (κ3) is 3.51. The normalized spacial score (nSPS) is 11.7. The van der Waals surface area contributed by atoms with Gasteiger partial charge in [-0.05, 0) is 36.1 Å². The van der Waals surface area contributed by atoms with Gasteiger partial charge in [0.1, 0.15) is 5.75 Å². The zero-order valence-corrected chi connectivity index (χ0v) is 12.4. The summed E-state index contributed by atoms with van der Waals surface area (Å²) >= 11 is 0. The smallest absolute Gasteiger partial charge is 0.219 e. The molecule has 0 aliphatic heterocycles. The fourth-order valence-corrected chi connectivity index (χ4v) is 1.88. The largest absolute Gasteiger partial charge is 0.439 e. The minimum Gasteiger partial charge on any atom is -0.439 e. The predicted molar refractivity (Wildman–Crippen MR) is 82.1 cm³/mol. The summed E-state index contributed by atoms with van der Waals surface area (Å²) in [7, 11) is 0. The molecule has 110 valence electrons. The lowest BCUT2D eigenvalue weighted by Gasteiger charge is -2.12. The van der Waals surface area contributed by atoms with Crippen LogP contribution in [-0.2, 0) is 0 Å². The number of ether oxygens (including phenoxy) is 1. The van der Waals surface area contributed by atoms with Gasteiger partial charge in [0, 0.05) is 17.8 Å². The molecule has 0 bridgehead atoms. The third-order valence-corrected chi connectivity index (χ3v) is 3.23. The van der Waals surface area contributed by atoms with E-state index in [0.717, 1.165) is 11.3 Å². The molecule has 0 amide bonds. The Balaban J connectivity index is 2.32. The standard InChI is InChI=1S/C16H19N3O2/c1-10(2)12-5-4-11(3)14(8-12)21-15-9-13(6-7-18-15)16(17)19-20/h4-10,20H,1-3H3,(H2,17,19). The molecule has 1 heterocycles. The van der Waals surface area contributed by atoms with Crippen molar-refractivity contribution in [3.05, 3.63) is 53.2 Å². The van der Waals surface area contributed by atoms with E-state index in [1.807, 2.05) is 19.1 Å². The summed E-state index contributed by atoms with van der Waals surface area (Å²) in [4.78, 5) is 4.15. The van der Waals surface area contributed by atoms with Gasteiger partial charge in [-0.1, -0.05) is 31.1 Å². The molecule has 0 saturated carbocycles. The van der Waals surface area contributed by atoms with Crippen LogP contribution in [0.15, 0.2) is 41.7 Å². The molecule has 0 fully saturated rings. The maximum absolute atomic E-state index is 8.71. The number of nitrogens with zero attached hydrogens (tertiary/aromatic N) is 2. The zero-order chi connectivity index (χ0) is 15.4. The summed E-state index contributed by atoms with van der Waals surface area (Å²) in [5.74, 6) is 1.60. The highest BCUT2D eigenvalue weighted by atomic mass is 16.5. The van der Waals surface area contributed by atoms with Crippen LogP contribution in [0.4, 0.5) is 0 Å². The average Bonchev–Trinajstić information content (AvgIpc) is 2.48. The van der Waals surface area contributed by atoms with Gasteiger partial charge in [-0.25, -0.2) is 4.98 Å². The molecule has 2 aromatic rings. The van der Waals surface area contributed by atoms with E-state index in [9.17, 15) is 0 Å². The Morgan fingerprint density at radius 1 is 1.29 bits per heavy atom. The van der Waals surface area contributed by atoms with Crippen molar-refractivity contribution in [2.45, 2.75) is 26.7 Å². The lowest BCUT2D eigenvalue weighted by molar-refractivity contribution is 0.318. The molecule has 0 saturated heterocycles. The van der Waals surface area contributed by atoms with Crippen LogP contribution < -0.4 is 10.5 Å². The summed E-state index contributed by atoms with van der Waals surface area (Å²) in [6.07, 6.45) is 1.56. The van der Waals surface area contributed by atoms with Gasteiger partial charge in [-0.3, -0.25) is 0 Å². The first-order chi connectivity index (χ1) is 10.0. The van der Waals surface area contributed by atoms with E-state index < -0.39 is 0 Å². The summed E-state index contributed by atoms with van der Waals surface area (Å²) < 4.78 is 5.83. The number of hydrogen-bond acceptors (Lipinski definition) is 4. The van der Waals surface area contributed by atoms with Crippen molar-refractivity contribution in [3.8, 4) is 11.6 Å². The second kappa shape index (κ2) is 6.26. The van der Waals surface area contributed by atoms with E-state index in [-0.39, 0.29) is 5.84 Å².